The molecule has 0 bridgehead atoms. The van der Waals surface area contributed by atoms with Crippen LogP contribution in [0.2, 0.25) is 0 Å². The number of hydrogen-bond donors (Lipinski definition) is 3. The zero-order valence-electron chi connectivity index (χ0n) is 34.4. The maximum atomic E-state index is 13.4. The molecule has 3 atom stereocenters. The van der Waals surface area contributed by atoms with Crippen molar-refractivity contribution in [1.82, 2.24) is 34.9 Å². The van der Waals surface area contributed by atoms with Crippen molar-refractivity contribution < 1.29 is 30.2 Å². The minimum atomic E-state index is -0.982. The van der Waals surface area contributed by atoms with E-state index in [1.54, 1.807) is 23.2 Å². The van der Waals surface area contributed by atoms with Crippen molar-refractivity contribution in [2.24, 2.45) is 11.7 Å². The van der Waals surface area contributed by atoms with Gasteiger partial charge >= 0.3 is 6.03 Å². The maximum Gasteiger partial charge on any atom is 0.320 e. The second-order valence-corrected chi connectivity index (χ2v) is 17.0. The first kappa shape index (κ1) is 40.1. The van der Waals surface area contributed by atoms with Gasteiger partial charge in [0.05, 0.1) is 23.4 Å². The van der Waals surface area contributed by atoms with Gasteiger partial charge in [-0.2, -0.15) is 0 Å². The second-order valence-electron chi connectivity index (χ2n) is 17.0. The van der Waals surface area contributed by atoms with Crippen molar-refractivity contribution >= 4 is 64.3 Å². The molecule has 6 aliphatic rings. The van der Waals surface area contributed by atoms with E-state index < -0.39 is 35.6 Å². The van der Waals surface area contributed by atoms with Crippen LogP contribution >= 0.6 is 0 Å². The van der Waals surface area contributed by atoms with E-state index in [4.69, 9.17) is 10.7 Å². The second kappa shape index (κ2) is 16.6. The van der Waals surface area contributed by atoms with Gasteiger partial charge in [0, 0.05) is 104 Å². The summed E-state index contributed by atoms with van der Waals surface area (Å²) in [5, 5.41) is 5.54. The molecule has 9 rings (SSSR count). The summed E-state index contributed by atoms with van der Waals surface area (Å²) in [6, 6.07) is 12.6. The number of nitrogens with zero attached hydrogens (tertiary/aromatic N) is 9. The lowest BCUT2D eigenvalue weighted by atomic mass is 9.96. The molecule has 5 fully saturated rings. The number of carbonyl (C=O) groups excluding carboxylic acids is 6. The van der Waals surface area contributed by atoms with Gasteiger partial charge in [0.2, 0.25) is 11.8 Å². The van der Waals surface area contributed by atoms with Crippen LogP contribution in [0.1, 0.15) is 71.2 Å². The van der Waals surface area contributed by atoms with Crippen LogP contribution in [0.15, 0.2) is 48.7 Å². The Morgan fingerprint density at radius 1 is 0.820 bits per heavy atom. The van der Waals surface area contributed by atoms with Crippen LogP contribution in [0.4, 0.5) is 33.5 Å². The summed E-state index contributed by atoms with van der Waals surface area (Å²) in [5.41, 5.74) is 9.13. The number of likely N-dealkylation sites (N-methyl/N-ethyl adjacent to an activating group) is 1. The van der Waals surface area contributed by atoms with Gasteiger partial charge in [-0.15, -0.1) is 0 Å². The normalized spacial score (nSPS) is 23.8. The van der Waals surface area contributed by atoms with Crippen LogP contribution in [0.3, 0.4) is 0 Å². The number of piperazine rings is 1. The fourth-order valence-electron chi connectivity index (χ4n) is 9.77. The first-order chi connectivity index (χ1) is 29.5. The van der Waals surface area contributed by atoms with E-state index in [1.165, 1.54) is 0 Å². The first-order valence-corrected chi connectivity index (χ1v) is 21.4. The number of nitrogens with one attached hydrogen (secondary N) is 2. The van der Waals surface area contributed by atoms with Gasteiger partial charge in [0.15, 0.2) is 11.5 Å². The molecule has 0 saturated carbocycles. The number of aromatic nitrogens is 2. The maximum absolute atomic E-state index is 13.4. The van der Waals surface area contributed by atoms with Crippen molar-refractivity contribution in [1.29, 1.82) is 0 Å². The zero-order chi connectivity index (χ0) is 42.4. The highest BCUT2D eigenvalue weighted by Crippen LogP contribution is 2.33. The van der Waals surface area contributed by atoms with E-state index in [-0.39, 0.29) is 32.0 Å². The number of urea groups is 1. The van der Waals surface area contributed by atoms with Gasteiger partial charge in [-0.05, 0) is 80.5 Å². The van der Waals surface area contributed by atoms with E-state index in [9.17, 15) is 28.8 Å². The standard InChI is InChI=1S/C43H52N12O6.H2/c1-49-16-21-54(43(49)61)31-5-3-15-53(26-31)35-23-45-37(38(44)57)39(47-35)46-28-6-8-29(9-7-28)51-19-17-50(18-20-51)24-27-4-2-14-52(25-27)30-10-11-32-33(22-30)42(60)55(41(32)59)34-12-13-36(56)48-40(34)58;/h6-11,22-23,27,31,34H,2-5,12-21,24-26H2,1H3,(H2,44,57)(H,46,47)(H,48,56,58);1H/t27-,31+,34?;/m0./s1. The molecule has 18 nitrogen and oxygen atoms in total. The molecule has 6 aliphatic heterocycles. The minimum absolute atomic E-state index is 0. The van der Waals surface area contributed by atoms with Crippen LogP contribution in [0.25, 0.3) is 0 Å². The molecule has 3 aromatic rings. The van der Waals surface area contributed by atoms with Crippen molar-refractivity contribution in [3.63, 3.8) is 0 Å². The van der Waals surface area contributed by atoms with Crippen molar-refractivity contribution in [2.45, 2.75) is 50.6 Å². The van der Waals surface area contributed by atoms with E-state index in [2.05, 4.69) is 47.3 Å². The molecule has 0 spiro atoms. The number of imide groups is 2. The zero-order valence-corrected chi connectivity index (χ0v) is 34.4. The Labute approximate surface area is 355 Å². The van der Waals surface area contributed by atoms with Crippen LogP contribution in [0, 0.1) is 5.92 Å². The summed E-state index contributed by atoms with van der Waals surface area (Å²) in [5.74, 6) is -1.29. The number of piperidine rings is 3. The molecule has 1 unspecified atom stereocenters. The summed E-state index contributed by atoms with van der Waals surface area (Å²) in [7, 11) is 1.83. The third-order valence-electron chi connectivity index (χ3n) is 13.1. The molecule has 18 heteroatoms. The van der Waals surface area contributed by atoms with Gasteiger partial charge in [-0.3, -0.25) is 39.1 Å². The van der Waals surface area contributed by atoms with Crippen LogP contribution in [0.5, 0.6) is 0 Å². The van der Waals surface area contributed by atoms with Gasteiger partial charge in [-0.1, -0.05) is 0 Å². The number of hydrogen-bond acceptors (Lipinski definition) is 13. The number of benzene rings is 2. The number of carbonyl (C=O) groups is 6. The van der Waals surface area contributed by atoms with E-state index in [0.29, 0.717) is 41.8 Å². The number of amides is 7. The van der Waals surface area contributed by atoms with Crippen molar-refractivity contribution in [3.05, 3.63) is 65.5 Å². The topological polar surface area (TPSA) is 201 Å². The fraction of sp³-hybridized carbons (Fsp3) is 0.488. The SMILES string of the molecule is CN1CCN([C@@H]2CCCN(c3cnc(C(N)=O)c(Nc4ccc(N5CCN(C[C@@H]6CCCN(c7ccc8c(c7)C(=O)N(C7CCC(=O)NC7=O)C8=O)C6)CC5)cc4)n3)C2)C1=O.[HH]. The Kier molecular flexibility index (Phi) is 10.9. The van der Waals surface area contributed by atoms with Crippen LogP contribution < -0.4 is 31.1 Å². The first-order valence-electron chi connectivity index (χ1n) is 21.4. The lowest BCUT2D eigenvalue weighted by Gasteiger charge is -2.40. The Morgan fingerprint density at radius 3 is 2.30 bits per heavy atom. The predicted molar refractivity (Wildman–Crippen MR) is 229 cm³/mol. The number of anilines is 5. The van der Waals surface area contributed by atoms with E-state index in [1.807, 2.05) is 30.1 Å². The lowest BCUT2D eigenvalue weighted by Crippen LogP contribution is -2.54. The highest BCUT2D eigenvalue weighted by atomic mass is 16.2. The molecule has 7 amide bonds. The number of rotatable bonds is 10. The summed E-state index contributed by atoms with van der Waals surface area (Å²) < 4.78 is 0. The van der Waals surface area contributed by atoms with Crippen molar-refractivity contribution in [2.75, 3.05) is 99.1 Å². The summed E-state index contributed by atoms with van der Waals surface area (Å²) in [6.45, 7) is 9.12. The highest BCUT2D eigenvalue weighted by Gasteiger charge is 2.45. The Morgan fingerprint density at radius 2 is 1.56 bits per heavy atom. The quantitative estimate of drug-likeness (QED) is 0.252. The summed E-state index contributed by atoms with van der Waals surface area (Å²) in [4.78, 5) is 99.1. The Bertz CT molecular complexity index is 2250. The molecule has 7 heterocycles. The van der Waals surface area contributed by atoms with Crippen molar-refractivity contribution in [3.8, 4) is 0 Å². The average molecular weight is 835 g/mol. The molecule has 0 aliphatic carbocycles. The minimum Gasteiger partial charge on any atom is -0.371 e. The van der Waals surface area contributed by atoms with Gasteiger partial charge < -0.3 is 35.6 Å². The number of nitrogens with two attached hydrogens (primary N) is 1. The highest BCUT2D eigenvalue weighted by molar-refractivity contribution is 6.23. The monoisotopic (exact) mass is 834 g/mol. The van der Waals surface area contributed by atoms with Gasteiger partial charge in [-0.25, -0.2) is 14.8 Å². The molecule has 322 valence electrons. The summed E-state index contributed by atoms with van der Waals surface area (Å²) >= 11 is 0. The average Bonchev–Trinajstić information content (AvgIpc) is 3.73. The third-order valence-corrected chi connectivity index (χ3v) is 13.1. The number of fused-ring (bicyclic) bond motifs is 1. The molecule has 1 aromatic heterocycles. The summed E-state index contributed by atoms with van der Waals surface area (Å²) in [6.07, 6.45) is 5.77. The van der Waals surface area contributed by atoms with Gasteiger partial charge in [0.25, 0.3) is 17.7 Å². The van der Waals surface area contributed by atoms with Gasteiger partial charge in [0.1, 0.15) is 11.9 Å². The largest absolute Gasteiger partial charge is 0.371 e. The van der Waals surface area contributed by atoms with Crippen LogP contribution in [-0.4, -0.2) is 156 Å². The molecular weight excluding hydrogens is 781 g/mol. The molecule has 2 aromatic carbocycles. The third kappa shape index (κ3) is 8.03. The number of primary amides is 1. The Hall–Kier alpha value is -6.30. The van der Waals surface area contributed by atoms with E-state index in [0.717, 1.165) is 107 Å². The molecular formula is C43H54N12O6. The van der Waals surface area contributed by atoms with E-state index >= 15 is 0 Å². The Balaban J connectivity index is 0.00000529. The van der Waals surface area contributed by atoms with Crippen LogP contribution in [-0.2, 0) is 9.59 Å². The molecule has 4 N–H and O–H groups in total. The fourth-order valence-corrected chi connectivity index (χ4v) is 9.77. The molecule has 0 radical (unpaired) electrons. The predicted octanol–water partition coefficient (Wildman–Crippen LogP) is 2.34. The lowest BCUT2D eigenvalue weighted by molar-refractivity contribution is -0.136. The molecule has 61 heavy (non-hydrogen) atoms. The smallest absolute Gasteiger partial charge is 0.320 e. The molecule has 5 saturated heterocycles.